The van der Waals surface area contributed by atoms with Crippen LogP contribution < -0.4 is 10.2 Å². The number of methoxy groups -OCH3 is 1. The van der Waals surface area contributed by atoms with Crippen LogP contribution in [0.2, 0.25) is 0 Å². The van der Waals surface area contributed by atoms with Crippen molar-refractivity contribution in [3.05, 3.63) is 28.8 Å². The van der Waals surface area contributed by atoms with Crippen molar-refractivity contribution < 1.29 is 14.3 Å². The molecule has 6 nitrogen and oxygen atoms in total. The quantitative estimate of drug-likeness (QED) is 0.638. The van der Waals surface area contributed by atoms with E-state index >= 15 is 0 Å². The van der Waals surface area contributed by atoms with Gasteiger partial charge in [-0.3, -0.25) is 9.69 Å². The summed E-state index contributed by atoms with van der Waals surface area (Å²) >= 11 is 0. The summed E-state index contributed by atoms with van der Waals surface area (Å²) < 4.78 is 10.7. The first-order valence-electron chi connectivity index (χ1n) is 8.31. The Bertz CT molecular complexity index is 593. The van der Waals surface area contributed by atoms with E-state index in [9.17, 15) is 4.79 Å². The highest BCUT2D eigenvalue weighted by Crippen LogP contribution is 2.28. The van der Waals surface area contributed by atoms with Crippen LogP contribution in [0.1, 0.15) is 36.5 Å². The average molecular weight is 333 g/mol. The van der Waals surface area contributed by atoms with Gasteiger partial charge in [-0.15, -0.1) is 0 Å². The van der Waals surface area contributed by atoms with Crippen LogP contribution in [-0.2, 0) is 9.53 Å². The van der Waals surface area contributed by atoms with Crippen LogP contribution in [0, 0.1) is 6.92 Å². The Balaban J connectivity index is 1.97. The van der Waals surface area contributed by atoms with Crippen LogP contribution in [0.5, 0.6) is 5.75 Å². The van der Waals surface area contributed by atoms with Crippen molar-refractivity contribution in [2.45, 2.75) is 26.7 Å². The molecule has 1 heterocycles. The lowest BCUT2D eigenvalue weighted by Crippen LogP contribution is -2.42. The maximum absolute atomic E-state index is 11.9. The van der Waals surface area contributed by atoms with Gasteiger partial charge in [0.25, 0.3) is 5.91 Å². The molecule has 1 fully saturated rings. The summed E-state index contributed by atoms with van der Waals surface area (Å²) in [5.41, 5.74) is 5.76. The molecule has 0 aliphatic carbocycles. The predicted octanol–water partition coefficient (Wildman–Crippen LogP) is 1.91. The van der Waals surface area contributed by atoms with Crippen LogP contribution in [0.25, 0.3) is 0 Å². The van der Waals surface area contributed by atoms with Crippen molar-refractivity contribution in [1.82, 2.24) is 10.3 Å². The van der Waals surface area contributed by atoms with Gasteiger partial charge in [0.1, 0.15) is 5.75 Å². The number of ether oxygens (including phenoxy) is 2. The smallest absolute Gasteiger partial charge is 0.254 e. The fourth-order valence-electron chi connectivity index (χ4n) is 2.65. The topological polar surface area (TPSA) is 63.2 Å². The Morgan fingerprint density at radius 2 is 2.12 bits per heavy atom. The third-order valence-electron chi connectivity index (χ3n) is 4.10. The molecule has 0 radical (unpaired) electrons. The molecule has 1 aromatic carbocycles. The van der Waals surface area contributed by atoms with Gasteiger partial charge in [0.2, 0.25) is 0 Å². The summed E-state index contributed by atoms with van der Waals surface area (Å²) in [5.74, 6) is 1.13. The summed E-state index contributed by atoms with van der Waals surface area (Å²) in [6.07, 6.45) is 1.69. The molecule has 6 heteroatoms. The van der Waals surface area contributed by atoms with Crippen LogP contribution >= 0.6 is 0 Å². The third kappa shape index (κ3) is 5.04. The number of nitrogens with zero attached hydrogens (tertiary/aromatic N) is 2. The molecule has 1 N–H and O–H groups in total. The fraction of sp³-hybridized carbons (Fsp3) is 0.556. The number of hydrazone groups is 1. The Labute approximate surface area is 143 Å². The van der Waals surface area contributed by atoms with Gasteiger partial charge >= 0.3 is 0 Å². The van der Waals surface area contributed by atoms with Gasteiger partial charge in [0.15, 0.2) is 0 Å². The zero-order valence-corrected chi connectivity index (χ0v) is 15.0. The minimum Gasteiger partial charge on any atom is -0.496 e. The number of carbonyl (C=O) groups is 1. The van der Waals surface area contributed by atoms with Crippen molar-refractivity contribution >= 4 is 12.1 Å². The molecule has 2 rings (SSSR count). The van der Waals surface area contributed by atoms with Gasteiger partial charge in [-0.25, -0.2) is 5.43 Å². The molecule has 0 unspecified atom stereocenters. The van der Waals surface area contributed by atoms with Crippen LogP contribution in [0.3, 0.4) is 0 Å². The molecule has 1 aliphatic rings. The molecule has 132 valence electrons. The first-order valence-corrected chi connectivity index (χ1v) is 8.31. The molecule has 1 aromatic rings. The Kier molecular flexibility index (Phi) is 6.75. The van der Waals surface area contributed by atoms with Crippen molar-refractivity contribution in [2.24, 2.45) is 5.10 Å². The lowest BCUT2D eigenvalue weighted by molar-refractivity contribution is -0.123. The minimum atomic E-state index is -0.108. The number of carbonyl (C=O) groups excluding carboxylic acids is 1. The average Bonchev–Trinajstić information content (AvgIpc) is 2.56. The van der Waals surface area contributed by atoms with Crippen LogP contribution in [-0.4, -0.2) is 57.0 Å². The molecule has 0 spiro atoms. The van der Waals surface area contributed by atoms with E-state index in [2.05, 4.69) is 35.3 Å². The number of rotatable bonds is 6. The second-order valence-electron chi connectivity index (χ2n) is 6.29. The number of amides is 1. The van der Waals surface area contributed by atoms with E-state index in [1.165, 1.54) is 0 Å². The maximum Gasteiger partial charge on any atom is 0.254 e. The number of morpholine rings is 1. The van der Waals surface area contributed by atoms with E-state index in [4.69, 9.17) is 9.47 Å². The lowest BCUT2D eigenvalue weighted by Gasteiger charge is -2.25. The van der Waals surface area contributed by atoms with Crippen molar-refractivity contribution in [1.29, 1.82) is 0 Å². The summed E-state index contributed by atoms with van der Waals surface area (Å²) in [7, 11) is 1.68. The Morgan fingerprint density at radius 1 is 1.42 bits per heavy atom. The molecule has 1 saturated heterocycles. The van der Waals surface area contributed by atoms with E-state index in [1.807, 2.05) is 13.0 Å². The first kappa shape index (κ1) is 18.4. The van der Waals surface area contributed by atoms with Crippen molar-refractivity contribution in [3.8, 4) is 5.75 Å². The van der Waals surface area contributed by atoms with Gasteiger partial charge in [-0.05, 0) is 41.7 Å². The van der Waals surface area contributed by atoms with Crippen molar-refractivity contribution in [3.63, 3.8) is 0 Å². The molecule has 0 aromatic heterocycles. The minimum absolute atomic E-state index is 0.108. The van der Waals surface area contributed by atoms with E-state index in [-0.39, 0.29) is 5.91 Å². The van der Waals surface area contributed by atoms with Crippen molar-refractivity contribution in [2.75, 3.05) is 40.0 Å². The fourth-order valence-corrected chi connectivity index (χ4v) is 2.65. The summed E-state index contributed by atoms with van der Waals surface area (Å²) in [5, 5.41) is 4.10. The summed E-state index contributed by atoms with van der Waals surface area (Å²) in [4.78, 5) is 14.0. The lowest BCUT2D eigenvalue weighted by atomic mass is 9.97. The molecule has 0 saturated carbocycles. The van der Waals surface area contributed by atoms with E-state index in [1.54, 1.807) is 13.3 Å². The number of benzene rings is 1. The largest absolute Gasteiger partial charge is 0.496 e. The van der Waals surface area contributed by atoms with Gasteiger partial charge in [-0.1, -0.05) is 13.8 Å². The maximum atomic E-state index is 11.9. The first-order chi connectivity index (χ1) is 11.5. The zero-order valence-electron chi connectivity index (χ0n) is 15.0. The molecule has 0 atom stereocenters. The number of hydrogen-bond donors (Lipinski definition) is 1. The molecule has 1 aliphatic heterocycles. The molecule has 0 bridgehead atoms. The molecular weight excluding hydrogens is 306 g/mol. The molecule has 1 amide bonds. The summed E-state index contributed by atoms with van der Waals surface area (Å²) in [6.45, 7) is 9.53. The second kappa shape index (κ2) is 8.80. The normalized spacial score (nSPS) is 15.9. The predicted molar refractivity (Wildman–Crippen MR) is 94.8 cm³/mol. The Morgan fingerprint density at radius 3 is 2.75 bits per heavy atom. The molecular formula is C18H27N3O3. The van der Waals surface area contributed by atoms with E-state index < -0.39 is 0 Å². The Hall–Kier alpha value is -1.92. The second-order valence-corrected chi connectivity index (χ2v) is 6.29. The van der Waals surface area contributed by atoms with Crippen LogP contribution in [0.15, 0.2) is 17.2 Å². The SMILES string of the molecule is COc1cc(C)c(/C=N/NC(=O)CN2CCOCC2)cc1C(C)C. The van der Waals surface area contributed by atoms with Gasteiger partial charge in [-0.2, -0.15) is 5.10 Å². The van der Waals surface area contributed by atoms with Gasteiger partial charge < -0.3 is 9.47 Å². The third-order valence-corrected chi connectivity index (χ3v) is 4.10. The summed E-state index contributed by atoms with van der Waals surface area (Å²) in [6, 6.07) is 4.07. The highest BCUT2D eigenvalue weighted by atomic mass is 16.5. The standard InChI is InChI=1S/C18H27N3O3/c1-13(2)16-10-15(14(3)9-17(16)23-4)11-19-20-18(22)12-21-5-7-24-8-6-21/h9-11,13H,5-8,12H2,1-4H3,(H,20,22)/b19-11+. The number of hydrogen-bond acceptors (Lipinski definition) is 5. The monoisotopic (exact) mass is 333 g/mol. The zero-order chi connectivity index (χ0) is 17.5. The molecule has 24 heavy (non-hydrogen) atoms. The van der Waals surface area contributed by atoms with Crippen LogP contribution in [0.4, 0.5) is 0 Å². The van der Waals surface area contributed by atoms with E-state index in [0.717, 1.165) is 35.5 Å². The van der Waals surface area contributed by atoms with E-state index in [0.29, 0.717) is 25.7 Å². The van der Waals surface area contributed by atoms with Gasteiger partial charge in [0.05, 0.1) is 33.1 Å². The highest BCUT2D eigenvalue weighted by Gasteiger charge is 2.14. The van der Waals surface area contributed by atoms with Gasteiger partial charge in [0, 0.05) is 13.1 Å². The number of nitrogens with one attached hydrogen (secondary N) is 1. The number of aryl methyl sites for hydroxylation is 1. The highest BCUT2D eigenvalue weighted by molar-refractivity contribution is 5.85.